The fourth-order valence-electron chi connectivity index (χ4n) is 3.44. The van der Waals surface area contributed by atoms with E-state index in [1.54, 1.807) is 12.1 Å². The van der Waals surface area contributed by atoms with Crippen molar-refractivity contribution < 1.29 is 23.8 Å². The van der Waals surface area contributed by atoms with E-state index in [2.05, 4.69) is 5.32 Å². The van der Waals surface area contributed by atoms with Gasteiger partial charge in [0.25, 0.3) is 5.91 Å². The molecule has 2 aliphatic rings. The Labute approximate surface area is 159 Å². The molecule has 0 radical (unpaired) electrons. The molecule has 1 aromatic carbocycles. The van der Waals surface area contributed by atoms with Gasteiger partial charge in [0.15, 0.2) is 5.76 Å². The molecule has 6 heteroatoms. The third-order valence-electron chi connectivity index (χ3n) is 5.29. The first-order valence-electron chi connectivity index (χ1n) is 9.79. The predicted octanol–water partition coefficient (Wildman–Crippen LogP) is 3.28. The fraction of sp³-hybridized carbons (Fsp3) is 0.571. The van der Waals surface area contributed by atoms with Gasteiger partial charge in [-0.3, -0.25) is 4.79 Å². The lowest BCUT2D eigenvalue weighted by atomic mass is 9.73. The van der Waals surface area contributed by atoms with Crippen LogP contribution in [0.25, 0.3) is 0 Å². The molecule has 0 aromatic heterocycles. The molecule has 1 aliphatic heterocycles. The van der Waals surface area contributed by atoms with Gasteiger partial charge in [0, 0.05) is 19.6 Å². The topological polar surface area (TPSA) is 67.8 Å². The number of aliphatic hydroxyl groups excluding tert-OH is 1. The molecule has 0 unspecified atom stereocenters. The molecule has 1 heterocycles. The summed E-state index contributed by atoms with van der Waals surface area (Å²) in [6, 6.07) is 6.05. The Bertz CT molecular complexity index is 642. The molecular weight excluding hydrogens is 349 g/mol. The third-order valence-corrected chi connectivity index (χ3v) is 5.29. The van der Waals surface area contributed by atoms with E-state index in [0.717, 1.165) is 18.4 Å². The molecule has 1 aliphatic carbocycles. The molecule has 2 N–H and O–H groups in total. The van der Waals surface area contributed by atoms with E-state index in [0.29, 0.717) is 37.2 Å². The quantitative estimate of drug-likeness (QED) is 0.648. The second kappa shape index (κ2) is 9.85. The minimum Gasteiger partial charge on any atom is -0.459 e. The Kier molecular flexibility index (Phi) is 7.24. The van der Waals surface area contributed by atoms with Crippen LogP contribution < -0.4 is 5.32 Å². The molecule has 1 amide bonds. The molecule has 0 saturated heterocycles. The summed E-state index contributed by atoms with van der Waals surface area (Å²) in [5.74, 6) is 0.631. The summed E-state index contributed by atoms with van der Waals surface area (Å²) in [7, 11) is 0. The number of rotatable bonds is 9. The molecular formula is C21H28FNO4. The van der Waals surface area contributed by atoms with Crippen LogP contribution in [0.4, 0.5) is 4.39 Å². The highest BCUT2D eigenvalue weighted by Crippen LogP contribution is 2.39. The number of hydrogen-bond acceptors (Lipinski definition) is 4. The lowest BCUT2D eigenvalue weighted by Crippen LogP contribution is -2.36. The van der Waals surface area contributed by atoms with Crippen LogP contribution in [-0.4, -0.2) is 30.5 Å². The number of hydrogen-bond donors (Lipinski definition) is 2. The second-order valence-electron chi connectivity index (χ2n) is 7.28. The van der Waals surface area contributed by atoms with Gasteiger partial charge in [0.2, 0.25) is 6.29 Å². The Hall–Kier alpha value is -1.92. The lowest BCUT2D eigenvalue weighted by Gasteiger charge is -2.37. The van der Waals surface area contributed by atoms with Crippen molar-refractivity contribution in [2.45, 2.75) is 51.4 Å². The van der Waals surface area contributed by atoms with Crippen LogP contribution in [0, 0.1) is 17.7 Å². The average Bonchev–Trinajstić information content (AvgIpc) is 2.63. The zero-order chi connectivity index (χ0) is 19.1. The lowest BCUT2D eigenvalue weighted by molar-refractivity contribution is -0.152. The van der Waals surface area contributed by atoms with Crippen molar-refractivity contribution in [2.75, 3.05) is 13.2 Å². The number of carbonyl (C=O) groups excluding carboxylic acids is 1. The monoisotopic (exact) mass is 377 g/mol. The maximum Gasteiger partial charge on any atom is 0.286 e. The van der Waals surface area contributed by atoms with E-state index < -0.39 is 6.29 Å². The summed E-state index contributed by atoms with van der Waals surface area (Å²) in [5, 5.41) is 11.7. The Morgan fingerprint density at radius 2 is 2.04 bits per heavy atom. The number of allylic oxidation sites excluding steroid dienone is 1. The fourth-order valence-corrected chi connectivity index (χ4v) is 3.44. The van der Waals surface area contributed by atoms with Crippen LogP contribution in [0.2, 0.25) is 0 Å². The molecule has 1 fully saturated rings. The van der Waals surface area contributed by atoms with Crippen molar-refractivity contribution >= 4 is 5.91 Å². The number of halogens is 1. The number of amides is 1. The normalized spacial score (nSPS) is 22.5. The zero-order valence-electron chi connectivity index (χ0n) is 15.5. The second-order valence-corrected chi connectivity index (χ2v) is 7.28. The van der Waals surface area contributed by atoms with Crippen LogP contribution in [0.5, 0.6) is 0 Å². The van der Waals surface area contributed by atoms with Crippen molar-refractivity contribution in [2.24, 2.45) is 11.8 Å². The summed E-state index contributed by atoms with van der Waals surface area (Å²) in [4.78, 5) is 12.6. The summed E-state index contributed by atoms with van der Waals surface area (Å²) in [6.45, 7) is 0.972. The highest BCUT2D eigenvalue weighted by atomic mass is 19.1. The first-order valence-corrected chi connectivity index (χ1v) is 9.79. The number of unbranched alkanes of at least 4 members (excludes halogenated alkanes) is 1. The van der Waals surface area contributed by atoms with Crippen molar-refractivity contribution in [3.8, 4) is 0 Å². The van der Waals surface area contributed by atoms with Crippen LogP contribution in [0.1, 0.15) is 44.1 Å². The van der Waals surface area contributed by atoms with Crippen molar-refractivity contribution in [1.82, 2.24) is 5.32 Å². The van der Waals surface area contributed by atoms with Crippen LogP contribution in [-0.2, 0) is 20.8 Å². The summed E-state index contributed by atoms with van der Waals surface area (Å²) in [5.41, 5.74) is 0.827. The van der Waals surface area contributed by atoms with Gasteiger partial charge in [-0.2, -0.15) is 0 Å². The molecule has 3 rings (SSSR count). The van der Waals surface area contributed by atoms with Gasteiger partial charge in [-0.05, 0) is 61.3 Å². The van der Waals surface area contributed by atoms with E-state index in [1.165, 1.54) is 31.4 Å². The van der Waals surface area contributed by atoms with Gasteiger partial charge < -0.3 is 19.9 Å². The Morgan fingerprint density at radius 3 is 2.70 bits per heavy atom. The summed E-state index contributed by atoms with van der Waals surface area (Å²) < 4.78 is 24.6. The summed E-state index contributed by atoms with van der Waals surface area (Å²) >= 11 is 0. The SMILES string of the molecule is O=C(NCc1ccc(F)cc1)C1=C[C@@H](C2CCC2)C[C@@H](OCCCCO)O1. The predicted molar refractivity (Wildman–Crippen MR) is 98.9 cm³/mol. The molecule has 1 saturated carbocycles. The Balaban J connectivity index is 1.57. The first-order chi connectivity index (χ1) is 13.2. The molecule has 148 valence electrons. The molecule has 5 nitrogen and oxygen atoms in total. The summed E-state index contributed by atoms with van der Waals surface area (Å²) in [6.07, 6.45) is 7.34. The van der Waals surface area contributed by atoms with Gasteiger partial charge in [-0.15, -0.1) is 0 Å². The van der Waals surface area contributed by atoms with Crippen molar-refractivity contribution in [1.29, 1.82) is 0 Å². The van der Waals surface area contributed by atoms with Gasteiger partial charge >= 0.3 is 0 Å². The van der Waals surface area contributed by atoms with E-state index in [4.69, 9.17) is 14.6 Å². The van der Waals surface area contributed by atoms with Gasteiger partial charge in [-0.1, -0.05) is 18.6 Å². The van der Waals surface area contributed by atoms with E-state index in [1.807, 2.05) is 6.08 Å². The largest absolute Gasteiger partial charge is 0.459 e. The van der Waals surface area contributed by atoms with E-state index in [-0.39, 0.29) is 18.3 Å². The first kappa shape index (κ1) is 19.8. The van der Waals surface area contributed by atoms with Gasteiger partial charge in [0.05, 0.1) is 6.61 Å². The van der Waals surface area contributed by atoms with E-state index >= 15 is 0 Å². The average molecular weight is 377 g/mol. The smallest absolute Gasteiger partial charge is 0.286 e. The highest BCUT2D eigenvalue weighted by Gasteiger charge is 2.34. The molecule has 27 heavy (non-hydrogen) atoms. The zero-order valence-corrected chi connectivity index (χ0v) is 15.5. The number of nitrogens with one attached hydrogen (secondary N) is 1. The molecule has 0 bridgehead atoms. The maximum absolute atomic E-state index is 13.0. The van der Waals surface area contributed by atoms with Crippen molar-refractivity contribution in [3.05, 3.63) is 47.5 Å². The van der Waals surface area contributed by atoms with Crippen LogP contribution >= 0.6 is 0 Å². The van der Waals surface area contributed by atoms with Crippen molar-refractivity contribution in [3.63, 3.8) is 0 Å². The highest BCUT2D eigenvalue weighted by molar-refractivity contribution is 5.91. The molecule has 2 atom stereocenters. The number of ether oxygens (including phenoxy) is 2. The Morgan fingerprint density at radius 1 is 1.26 bits per heavy atom. The molecule has 0 spiro atoms. The standard InChI is InChI=1S/C21H28FNO4/c22-18-8-6-15(7-9-18)14-23-21(25)19-12-17(16-4-3-5-16)13-20(27-19)26-11-2-1-10-24/h6-9,12,16-17,20,24H,1-5,10-11,13-14H2,(H,23,25)/t17-,20+/m1/s1. The minimum atomic E-state index is -0.425. The maximum atomic E-state index is 13.0. The number of aliphatic hydroxyl groups is 1. The van der Waals surface area contributed by atoms with E-state index in [9.17, 15) is 9.18 Å². The minimum absolute atomic E-state index is 0.149. The number of carbonyl (C=O) groups is 1. The number of benzene rings is 1. The van der Waals surface area contributed by atoms with Gasteiger partial charge in [0.1, 0.15) is 5.82 Å². The third kappa shape index (κ3) is 5.78. The van der Waals surface area contributed by atoms with Crippen LogP contribution in [0.15, 0.2) is 36.1 Å². The molecule has 1 aromatic rings. The van der Waals surface area contributed by atoms with Crippen LogP contribution in [0.3, 0.4) is 0 Å². The van der Waals surface area contributed by atoms with Gasteiger partial charge in [-0.25, -0.2) is 4.39 Å².